The summed E-state index contributed by atoms with van der Waals surface area (Å²) in [5, 5.41) is 12.9. The van der Waals surface area contributed by atoms with Gasteiger partial charge in [-0.05, 0) is 36.4 Å². The SMILES string of the molecule is O=C(Nc1nn(Cc2c(Cl)cccc2Cl)cc1Cl)c1ccn(COc2ccc(Br)cc2Cl)n1. The predicted molar refractivity (Wildman–Crippen MR) is 133 cm³/mol. The van der Waals surface area contributed by atoms with Crippen LogP contribution in [0.4, 0.5) is 5.82 Å². The fourth-order valence-corrected chi connectivity index (χ4v) is 4.30. The minimum Gasteiger partial charge on any atom is -0.470 e. The monoisotopic (exact) mass is 587 g/mol. The molecule has 170 valence electrons. The van der Waals surface area contributed by atoms with Crippen LogP contribution in [0.3, 0.4) is 0 Å². The lowest BCUT2D eigenvalue weighted by Crippen LogP contribution is -2.15. The average Bonchev–Trinajstić information content (AvgIpc) is 3.37. The Hall–Kier alpha value is -2.23. The van der Waals surface area contributed by atoms with E-state index in [1.54, 1.807) is 53.5 Å². The van der Waals surface area contributed by atoms with Gasteiger partial charge in [0.2, 0.25) is 0 Å². The van der Waals surface area contributed by atoms with Crippen molar-refractivity contribution in [3.63, 3.8) is 0 Å². The Bertz CT molecular complexity index is 1300. The Balaban J connectivity index is 1.40. The van der Waals surface area contributed by atoms with Crippen LogP contribution in [-0.2, 0) is 13.3 Å². The Morgan fingerprint density at radius 2 is 1.73 bits per heavy atom. The number of benzene rings is 2. The van der Waals surface area contributed by atoms with Gasteiger partial charge in [-0.1, -0.05) is 68.4 Å². The van der Waals surface area contributed by atoms with Crippen LogP contribution in [0.15, 0.2) is 59.3 Å². The maximum absolute atomic E-state index is 12.6. The summed E-state index contributed by atoms with van der Waals surface area (Å²) < 4.78 is 9.49. The average molecular weight is 590 g/mol. The number of nitrogens with zero attached hydrogens (tertiary/aromatic N) is 4. The molecule has 0 radical (unpaired) electrons. The summed E-state index contributed by atoms with van der Waals surface area (Å²) in [6.45, 7) is 0.362. The van der Waals surface area contributed by atoms with E-state index in [2.05, 4.69) is 31.4 Å². The zero-order valence-corrected chi connectivity index (χ0v) is 21.2. The number of halogens is 5. The van der Waals surface area contributed by atoms with Gasteiger partial charge in [0.1, 0.15) is 10.8 Å². The molecule has 33 heavy (non-hydrogen) atoms. The number of carbonyl (C=O) groups is 1. The van der Waals surface area contributed by atoms with E-state index in [-0.39, 0.29) is 23.3 Å². The molecule has 0 fully saturated rings. The Labute approximate surface area is 217 Å². The first-order chi connectivity index (χ1) is 15.8. The first kappa shape index (κ1) is 23.9. The van der Waals surface area contributed by atoms with E-state index < -0.39 is 5.91 Å². The molecule has 0 bridgehead atoms. The van der Waals surface area contributed by atoms with Crippen LogP contribution in [0.2, 0.25) is 20.1 Å². The maximum Gasteiger partial charge on any atom is 0.277 e. The number of anilines is 1. The first-order valence-electron chi connectivity index (χ1n) is 9.38. The summed E-state index contributed by atoms with van der Waals surface area (Å²) in [6.07, 6.45) is 3.19. The molecule has 0 unspecified atom stereocenters. The Morgan fingerprint density at radius 1 is 0.970 bits per heavy atom. The molecule has 12 heteroatoms. The molecule has 0 aliphatic carbocycles. The third-order valence-corrected chi connectivity index (χ3v) is 6.22. The van der Waals surface area contributed by atoms with Gasteiger partial charge in [0.25, 0.3) is 5.91 Å². The van der Waals surface area contributed by atoms with Gasteiger partial charge in [-0.15, -0.1) is 0 Å². The molecule has 4 rings (SSSR count). The smallest absolute Gasteiger partial charge is 0.277 e. The van der Waals surface area contributed by atoms with E-state index in [0.717, 1.165) is 4.47 Å². The van der Waals surface area contributed by atoms with Crippen LogP contribution >= 0.6 is 62.3 Å². The molecule has 0 spiro atoms. The second-order valence-electron chi connectivity index (χ2n) is 6.77. The number of rotatable bonds is 7. The van der Waals surface area contributed by atoms with Crippen molar-refractivity contribution in [2.75, 3.05) is 5.32 Å². The van der Waals surface area contributed by atoms with Gasteiger partial charge in [-0.2, -0.15) is 10.2 Å². The van der Waals surface area contributed by atoms with Gasteiger partial charge in [0.05, 0.1) is 11.6 Å². The van der Waals surface area contributed by atoms with Gasteiger partial charge in [0, 0.05) is 32.5 Å². The molecule has 2 aromatic carbocycles. The van der Waals surface area contributed by atoms with Crippen molar-refractivity contribution in [1.29, 1.82) is 0 Å². The molecule has 0 aliphatic rings. The van der Waals surface area contributed by atoms with E-state index in [1.807, 2.05) is 6.07 Å². The number of hydrogen-bond donors (Lipinski definition) is 1. The van der Waals surface area contributed by atoms with Crippen molar-refractivity contribution < 1.29 is 9.53 Å². The number of aromatic nitrogens is 4. The van der Waals surface area contributed by atoms with Crippen molar-refractivity contribution in [2.45, 2.75) is 13.3 Å². The molecule has 0 aliphatic heterocycles. The third kappa shape index (κ3) is 5.83. The molecule has 1 amide bonds. The molecule has 1 N–H and O–H groups in total. The van der Waals surface area contributed by atoms with Crippen molar-refractivity contribution in [3.8, 4) is 5.75 Å². The fourth-order valence-electron chi connectivity index (χ4n) is 2.86. The highest BCUT2D eigenvalue weighted by Crippen LogP contribution is 2.28. The second kappa shape index (κ2) is 10.4. The molecular weight excluding hydrogens is 576 g/mol. The summed E-state index contributed by atoms with van der Waals surface area (Å²) in [7, 11) is 0. The van der Waals surface area contributed by atoms with E-state index >= 15 is 0 Å². The summed E-state index contributed by atoms with van der Waals surface area (Å²) in [6, 6.07) is 12.1. The standard InChI is InChI=1S/C21H14BrCl4N5O2/c22-12-4-5-19(16(25)8-12)33-11-30-7-6-18(28-30)21(32)27-20-17(26)10-31(29-20)9-13-14(23)2-1-3-15(13)24/h1-8,10H,9,11H2,(H,27,29,32). The van der Waals surface area contributed by atoms with Crippen LogP contribution in [0, 0.1) is 0 Å². The van der Waals surface area contributed by atoms with Gasteiger partial charge in [0.15, 0.2) is 18.2 Å². The van der Waals surface area contributed by atoms with Crippen molar-refractivity contribution >= 4 is 74.1 Å². The highest BCUT2D eigenvalue weighted by atomic mass is 79.9. The normalized spacial score (nSPS) is 10.9. The minimum absolute atomic E-state index is 0.0720. The number of hydrogen-bond acceptors (Lipinski definition) is 4. The van der Waals surface area contributed by atoms with Crippen LogP contribution in [-0.4, -0.2) is 25.5 Å². The molecule has 0 saturated heterocycles. The summed E-state index contributed by atoms with van der Waals surface area (Å²) in [5.74, 6) is 0.216. The van der Waals surface area contributed by atoms with Crippen LogP contribution < -0.4 is 10.1 Å². The molecular formula is C21H14BrCl4N5O2. The number of carbonyl (C=O) groups excluding carboxylic acids is 1. The fraction of sp³-hybridized carbons (Fsp3) is 0.0952. The van der Waals surface area contributed by atoms with Gasteiger partial charge in [-0.3, -0.25) is 9.48 Å². The van der Waals surface area contributed by atoms with E-state index in [9.17, 15) is 4.79 Å². The largest absolute Gasteiger partial charge is 0.470 e. The van der Waals surface area contributed by atoms with Crippen LogP contribution in [0.25, 0.3) is 0 Å². The maximum atomic E-state index is 12.6. The zero-order valence-electron chi connectivity index (χ0n) is 16.6. The molecule has 7 nitrogen and oxygen atoms in total. The minimum atomic E-state index is -0.474. The van der Waals surface area contributed by atoms with Crippen molar-refractivity contribution in [3.05, 3.63) is 90.7 Å². The summed E-state index contributed by atoms with van der Waals surface area (Å²) >= 11 is 28.2. The highest BCUT2D eigenvalue weighted by molar-refractivity contribution is 9.10. The zero-order chi connectivity index (χ0) is 23.5. The summed E-state index contributed by atoms with van der Waals surface area (Å²) in [5.41, 5.74) is 0.864. The quantitative estimate of drug-likeness (QED) is 0.257. The first-order valence-corrected chi connectivity index (χ1v) is 11.7. The molecule has 2 heterocycles. The van der Waals surface area contributed by atoms with Crippen molar-refractivity contribution in [1.82, 2.24) is 19.6 Å². The van der Waals surface area contributed by atoms with Gasteiger partial charge < -0.3 is 10.1 Å². The lowest BCUT2D eigenvalue weighted by Gasteiger charge is -2.08. The molecule has 0 saturated carbocycles. The number of amides is 1. The number of ether oxygens (including phenoxy) is 1. The van der Waals surface area contributed by atoms with Crippen LogP contribution in [0.5, 0.6) is 5.75 Å². The van der Waals surface area contributed by atoms with E-state index in [0.29, 0.717) is 32.9 Å². The number of nitrogens with one attached hydrogen (secondary N) is 1. The topological polar surface area (TPSA) is 74.0 Å². The molecule has 4 aromatic rings. The molecule has 2 aromatic heterocycles. The van der Waals surface area contributed by atoms with Crippen LogP contribution in [0.1, 0.15) is 16.1 Å². The Morgan fingerprint density at radius 3 is 2.45 bits per heavy atom. The van der Waals surface area contributed by atoms with Gasteiger partial charge >= 0.3 is 0 Å². The lowest BCUT2D eigenvalue weighted by molar-refractivity contribution is 0.101. The third-order valence-electron chi connectivity index (χ3n) is 4.45. The summed E-state index contributed by atoms with van der Waals surface area (Å²) in [4.78, 5) is 12.6. The predicted octanol–water partition coefficient (Wildman–Crippen LogP) is 6.79. The van der Waals surface area contributed by atoms with Crippen molar-refractivity contribution in [2.24, 2.45) is 0 Å². The van der Waals surface area contributed by atoms with E-state index in [4.69, 9.17) is 51.1 Å². The van der Waals surface area contributed by atoms with E-state index in [1.165, 1.54) is 4.68 Å². The molecule has 0 atom stereocenters. The Kier molecular flexibility index (Phi) is 7.51. The van der Waals surface area contributed by atoms with Gasteiger partial charge in [-0.25, -0.2) is 4.68 Å². The lowest BCUT2D eigenvalue weighted by atomic mass is 10.2. The second-order valence-corrected chi connectivity index (χ2v) is 9.31. The highest BCUT2D eigenvalue weighted by Gasteiger charge is 2.16.